The molecule has 27 heavy (non-hydrogen) atoms. The molecule has 1 aliphatic rings. The molecule has 0 saturated carbocycles. The predicted octanol–water partition coefficient (Wildman–Crippen LogP) is 1.78. The van der Waals surface area contributed by atoms with Crippen LogP contribution in [0.25, 0.3) is 0 Å². The van der Waals surface area contributed by atoms with Gasteiger partial charge in [0.05, 0.1) is 10.6 Å². The van der Waals surface area contributed by atoms with Crippen LogP contribution in [0.3, 0.4) is 0 Å². The molecule has 0 radical (unpaired) electrons. The van der Waals surface area contributed by atoms with Crippen molar-refractivity contribution in [3.63, 3.8) is 0 Å². The topological polar surface area (TPSA) is 113 Å². The van der Waals surface area contributed by atoms with Crippen LogP contribution >= 0.6 is 0 Å². The normalized spacial score (nSPS) is 20.1. The van der Waals surface area contributed by atoms with Gasteiger partial charge in [0.15, 0.2) is 9.84 Å². The van der Waals surface area contributed by atoms with Crippen LogP contribution in [-0.2, 0) is 19.4 Å². The summed E-state index contributed by atoms with van der Waals surface area (Å²) in [5.74, 6) is -0.737. The molecule has 0 aliphatic carbocycles. The fourth-order valence-electron chi connectivity index (χ4n) is 2.86. The van der Waals surface area contributed by atoms with Gasteiger partial charge in [-0.15, -0.1) is 0 Å². The lowest BCUT2D eigenvalue weighted by molar-refractivity contribution is -0.133. The standard InChI is InChI=1S/C18H25N3O5S/c1-12(2)9-10-18(3)16(23)21(17(24)20-18)11-15(22)19-13-7-5-6-8-14(13)27(4,25)26/h5-8,12H,9-11H2,1-4H3,(H,19,22)(H,20,24)/t18-/m0/s1. The number of imide groups is 1. The third kappa shape index (κ3) is 4.85. The molecular weight excluding hydrogens is 370 g/mol. The lowest BCUT2D eigenvalue weighted by Crippen LogP contribution is -2.44. The van der Waals surface area contributed by atoms with Crippen molar-refractivity contribution >= 4 is 33.4 Å². The van der Waals surface area contributed by atoms with E-state index in [4.69, 9.17) is 0 Å². The van der Waals surface area contributed by atoms with E-state index in [0.29, 0.717) is 12.3 Å². The van der Waals surface area contributed by atoms with Gasteiger partial charge in [-0.1, -0.05) is 26.0 Å². The van der Waals surface area contributed by atoms with Crippen molar-refractivity contribution in [3.05, 3.63) is 24.3 Å². The summed E-state index contributed by atoms with van der Waals surface area (Å²) in [4.78, 5) is 38.0. The SMILES string of the molecule is CC(C)CC[C@]1(C)NC(=O)N(CC(=O)Nc2ccccc2S(C)(=O)=O)C1=O. The lowest BCUT2D eigenvalue weighted by Gasteiger charge is -2.22. The Morgan fingerprint density at radius 2 is 1.89 bits per heavy atom. The predicted molar refractivity (Wildman–Crippen MR) is 101 cm³/mol. The van der Waals surface area contributed by atoms with E-state index in [1.54, 1.807) is 19.1 Å². The van der Waals surface area contributed by atoms with Crippen molar-refractivity contribution in [2.75, 3.05) is 18.1 Å². The molecule has 0 unspecified atom stereocenters. The highest BCUT2D eigenvalue weighted by atomic mass is 32.2. The number of carbonyl (C=O) groups is 3. The first-order chi connectivity index (χ1) is 12.4. The third-order valence-electron chi connectivity index (χ3n) is 4.43. The van der Waals surface area contributed by atoms with Crippen LogP contribution in [0.2, 0.25) is 0 Å². The van der Waals surface area contributed by atoms with Gasteiger partial charge < -0.3 is 10.6 Å². The zero-order chi connectivity index (χ0) is 20.4. The number of hydrogen-bond acceptors (Lipinski definition) is 5. The summed E-state index contributed by atoms with van der Waals surface area (Å²) in [7, 11) is -3.54. The maximum Gasteiger partial charge on any atom is 0.325 e. The molecule has 1 aromatic carbocycles. The molecule has 148 valence electrons. The first-order valence-electron chi connectivity index (χ1n) is 8.67. The fraction of sp³-hybridized carbons (Fsp3) is 0.500. The summed E-state index contributed by atoms with van der Waals surface area (Å²) >= 11 is 0. The number of rotatable bonds is 7. The van der Waals surface area contributed by atoms with Crippen LogP contribution in [0, 0.1) is 5.92 Å². The van der Waals surface area contributed by atoms with Crippen molar-refractivity contribution in [2.24, 2.45) is 5.92 Å². The first-order valence-corrected chi connectivity index (χ1v) is 10.6. The van der Waals surface area contributed by atoms with Crippen LogP contribution in [0.15, 0.2) is 29.2 Å². The zero-order valence-electron chi connectivity index (χ0n) is 15.9. The molecule has 0 bridgehead atoms. The minimum absolute atomic E-state index is 0.0303. The Morgan fingerprint density at radius 1 is 1.26 bits per heavy atom. The highest BCUT2D eigenvalue weighted by Gasteiger charge is 2.47. The second-order valence-electron chi connectivity index (χ2n) is 7.40. The Balaban J connectivity index is 2.11. The molecule has 9 heteroatoms. The quantitative estimate of drug-likeness (QED) is 0.683. The molecule has 1 aliphatic heterocycles. The molecule has 2 N–H and O–H groups in total. The van der Waals surface area contributed by atoms with Crippen LogP contribution in [0.5, 0.6) is 0 Å². The minimum Gasteiger partial charge on any atom is -0.323 e. The number of hydrogen-bond donors (Lipinski definition) is 2. The summed E-state index contributed by atoms with van der Waals surface area (Å²) in [5, 5.41) is 5.12. The van der Waals surface area contributed by atoms with Crippen LogP contribution in [0.4, 0.5) is 10.5 Å². The van der Waals surface area contributed by atoms with Crippen molar-refractivity contribution in [3.8, 4) is 0 Å². The average molecular weight is 395 g/mol. The van der Waals surface area contributed by atoms with E-state index in [-0.39, 0.29) is 10.6 Å². The molecular formula is C18H25N3O5S. The molecule has 8 nitrogen and oxygen atoms in total. The monoisotopic (exact) mass is 395 g/mol. The second-order valence-corrected chi connectivity index (χ2v) is 9.39. The van der Waals surface area contributed by atoms with Gasteiger partial charge in [-0.05, 0) is 37.8 Å². The van der Waals surface area contributed by atoms with Gasteiger partial charge in [0.1, 0.15) is 12.1 Å². The number of para-hydroxylation sites is 1. The van der Waals surface area contributed by atoms with Gasteiger partial charge >= 0.3 is 6.03 Å². The molecule has 4 amide bonds. The number of nitrogens with zero attached hydrogens (tertiary/aromatic N) is 1. The summed E-state index contributed by atoms with van der Waals surface area (Å²) in [6, 6.07) is 5.33. The Hall–Kier alpha value is -2.42. The number of carbonyl (C=O) groups excluding carboxylic acids is 3. The molecule has 1 atom stereocenters. The number of nitrogens with one attached hydrogen (secondary N) is 2. The van der Waals surface area contributed by atoms with Crippen LogP contribution in [0.1, 0.15) is 33.6 Å². The van der Waals surface area contributed by atoms with E-state index in [2.05, 4.69) is 10.6 Å². The second kappa shape index (κ2) is 7.67. The van der Waals surface area contributed by atoms with Crippen LogP contribution in [-0.4, -0.2) is 49.5 Å². The minimum atomic E-state index is -3.54. The summed E-state index contributed by atoms with van der Waals surface area (Å²) < 4.78 is 23.6. The summed E-state index contributed by atoms with van der Waals surface area (Å²) in [6.07, 6.45) is 2.27. The lowest BCUT2D eigenvalue weighted by atomic mass is 9.92. The molecule has 1 aromatic rings. The van der Waals surface area contributed by atoms with Gasteiger partial charge in [0.25, 0.3) is 5.91 Å². The fourth-order valence-corrected chi connectivity index (χ4v) is 3.71. The maximum absolute atomic E-state index is 12.6. The number of sulfone groups is 1. The Labute approximate surface area is 159 Å². The Bertz CT molecular complexity index is 866. The molecule has 1 fully saturated rings. The summed E-state index contributed by atoms with van der Waals surface area (Å²) in [6.45, 7) is 5.20. The van der Waals surface area contributed by atoms with E-state index >= 15 is 0 Å². The molecule has 0 spiro atoms. The van der Waals surface area contributed by atoms with E-state index in [1.165, 1.54) is 12.1 Å². The van der Waals surface area contributed by atoms with Gasteiger partial charge in [0.2, 0.25) is 5.91 Å². The third-order valence-corrected chi connectivity index (χ3v) is 5.58. The summed E-state index contributed by atoms with van der Waals surface area (Å²) in [5.41, 5.74) is -0.925. The average Bonchev–Trinajstić information content (AvgIpc) is 2.76. The smallest absolute Gasteiger partial charge is 0.323 e. The van der Waals surface area contributed by atoms with Gasteiger partial charge in [-0.3, -0.25) is 14.5 Å². The van der Waals surface area contributed by atoms with Gasteiger partial charge in [0, 0.05) is 6.26 Å². The number of benzene rings is 1. The maximum atomic E-state index is 12.6. The van der Waals surface area contributed by atoms with Crippen molar-refractivity contribution in [1.82, 2.24) is 10.2 Å². The molecule has 1 heterocycles. The molecule has 1 saturated heterocycles. The van der Waals surface area contributed by atoms with Crippen molar-refractivity contribution < 1.29 is 22.8 Å². The van der Waals surface area contributed by atoms with Crippen molar-refractivity contribution in [2.45, 2.75) is 44.0 Å². The number of anilines is 1. The number of urea groups is 1. The zero-order valence-corrected chi connectivity index (χ0v) is 16.7. The molecule has 2 rings (SSSR count). The van der Waals surface area contributed by atoms with E-state index in [0.717, 1.165) is 17.6 Å². The van der Waals surface area contributed by atoms with E-state index in [1.807, 2.05) is 13.8 Å². The first kappa shape index (κ1) is 20.9. The van der Waals surface area contributed by atoms with Crippen molar-refractivity contribution in [1.29, 1.82) is 0 Å². The Kier molecular flexibility index (Phi) is 5.94. The van der Waals surface area contributed by atoms with Gasteiger partial charge in [-0.25, -0.2) is 13.2 Å². The van der Waals surface area contributed by atoms with E-state index < -0.39 is 39.8 Å². The highest BCUT2D eigenvalue weighted by molar-refractivity contribution is 7.90. The molecule has 0 aromatic heterocycles. The Morgan fingerprint density at radius 3 is 2.48 bits per heavy atom. The highest BCUT2D eigenvalue weighted by Crippen LogP contribution is 2.25. The van der Waals surface area contributed by atoms with E-state index in [9.17, 15) is 22.8 Å². The largest absolute Gasteiger partial charge is 0.325 e. The van der Waals surface area contributed by atoms with Crippen LogP contribution < -0.4 is 10.6 Å². The number of amides is 4. The van der Waals surface area contributed by atoms with Gasteiger partial charge in [-0.2, -0.15) is 0 Å².